The fraction of sp³-hybridized carbons (Fsp3) is 1.00. The molecule has 1 aliphatic rings. The summed E-state index contributed by atoms with van der Waals surface area (Å²) in [5.74, 6) is 1.52. The van der Waals surface area contributed by atoms with Gasteiger partial charge in [0.2, 0.25) is 0 Å². The number of hydrogen-bond donors (Lipinski definition) is 1. The maximum absolute atomic E-state index is 9.88. The van der Waals surface area contributed by atoms with Crippen LogP contribution in [-0.4, -0.2) is 11.2 Å². The first kappa shape index (κ1) is 12.0. The van der Waals surface area contributed by atoms with Gasteiger partial charge in [0, 0.05) is 0 Å². The van der Waals surface area contributed by atoms with Gasteiger partial charge in [0.1, 0.15) is 0 Å². The van der Waals surface area contributed by atoms with Gasteiger partial charge in [-0.15, -0.1) is 0 Å². The third kappa shape index (κ3) is 3.61. The third-order valence-corrected chi connectivity index (χ3v) is 3.68. The van der Waals surface area contributed by atoms with Crippen molar-refractivity contribution >= 4 is 0 Å². The van der Waals surface area contributed by atoms with Gasteiger partial charge in [-0.2, -0.15) is 0 Å². The van der Waals surface area contributed by atoms with Gasteiger partial charge < -0.3 is 5.11 Å². The predicted molar refractivity (Wildman–Crippen MR) is 61.3 cm³/mol. The van der Waals surface area contributed by atoms with Gasteiger partial charge >= 0.3 is 0 Å². The van der Waals surface area contributed by atoms with Gasteiger partial charge in [-0.25, -0.2) is 0 Å². The lowest BCUT2D eigenvalue weighted by atomic mass is 9.76. The molecule has 0 saturated heterocycles. The van der Waals surface area contributed by atoms with Gasteiger partial charge in [0.25, 0.3) is 0 Å². The van der Waals surface area contributed by atoms with E-state index in [0.29, 0.717) is 5.92 Å². The maximum atomic E-state index is 9.88. The molecule has 0 aromatic carbocycles. The summed E-state index contributed by atoms with van der Waals surface area (Å²) < 4.78 is 0. The highest BCUT2D eigenvalue weighted by molar-refractivity contribution is 4.79. The number of aliphatic hydroxyl groups excluding tert-OH is 1. The van der Waals surface area contributed by atoms with Crippen LogP contribution in [0.2, 0.25) is 0 Å². The molecular formula is C13H26O. The number of unbranched alkanes of at least 4 members (excludes halogenated alkanes) is 1. The fourth-order valence-electron chi connectivity index (χ4n) is 2.79. The standard InChI is InChI=1S/C13H26O/c1-3-5-7-12-10-11(6-4-2)8-9-13(12)14/h11-14H,3-10H2,1-2H3. The van der Waals surface area contributed by atoms with E-state index >= 15 is 0 Å². The van der Waals surface area contributed by atoms with Crippen LogP contribution in [0.3, 0.4) is 0 Å². The smallest absolute Gasteiger partial charge is 0.0568 e. The highest BCUT2D eigenvalue weighted by Gasteiger charge is 2.27. The second-order valence-corrected chi connectivity index (χ2v) is 4.94. The molecule has 14 heavy (non-hydrogen) atoms. The average molecular weight is 198 g/mol. The highest BCUT2D eigenvalue weighted by Crippen LogP contribution is 2.34. The number of aliphatic hydroxyl groups is 1. The molecule has 1 fully saturated rings. The van der Waals surface area contributed by atoms with E-state index in [1.165, 1.54) is 44.9 Å². The topological polar surface area (TPSA) is 20.2 Å². The van der Waals surface area contributed by atoms with Crippen LogP contribution in [0.4, 0.5) is 0 Å². The van der Waals surface area contributed by atoms with Crippen LogP contribution in [0.5, 0.6) is 0 Å². The molecule has 3 atom stereocenters. The molecule has 0 aliphatic heterocycles. The van der Waals surface area contributed by atoms with Crippen LogP contribution in [0.25, 0.3) is 0 Å². The summed E-state index contributed by atoms with van der Waals surface area (Å²) in [5, 5.41) is 9.88. The second kappa shape index (κ2) is 6.44. The van der Waals surface area contributed by atoms with E-state index in [9.17, 15) is 5.11 Å². The lowest BCUT2D eigenvalue weighted by molar-refractivity contribution is 0.0408. The van der Waals surface area contributed by atoms with Crippen molar-refractivity contribution in [2.45, 2.75) is 71.3 Å². The van der Waals surface area contributed by atoms with Crippen molar-refractivity contribution in [1.29, 1.82) is 0 Å². The quantitative estimate of drug-likeness (QED) is 0.713. The van der Waals surface area contributed by atoms with Crippen molar-refractivity contribution in [3.63, 3.8) is 0 Å². The Hall–Kier alpha value is -0.0400. The zero-order valence-corrected chi connectivity index (χ0v) is 9.84. The molecule has 0 heterocycles. The van der Waals surface area contributed by atoms with Crippen LogP contribution in [0.1, 0.15) is 65.2 Å². The van der Waals surface area contributed by atoms with E-state index < -0.39 is 0 Å². The molecule has 0 aromatic rings. The van der Waals surface area contributed by atoms with Crippen molar-refractivity contribution in [2.75, 3.05) is 0 Å². The summed E-state index contributed by atoms with van der Waals surface area (Å²) in [6.45, 7) is 4.50. The molecule has 0 radical (unpaired) electrons. The molecule has 3 unspecified atom stereocenters. The Morgan fingerprint density at radius 1 is 1.07 bits per heavy atom. The van der Waals surface area contributed by atoms with E-state index in [0.717, 1.165) is 12.3 Å². The van der Waals surface area contributed by atoms with Crippen molar-refractivity contribution in [3.05, 3.63) is 0 Å². The van der Waals surface area contributed by atoms with Gasteiger partial charge in [0.05, 0.1) is 6.10 Å². The minimum atomic E-state index is 0.00894. The summed E-state index contributed by atoms with van der Waals surface area (Å²) >= 11 is 0. The van der Waals surface area contributed by atoms with Crippen molar-refractivity contribution in [2.24, 2.45) is 11.8 Å². The largest absolute Gasteiger partial charge is 0.393 e. The molecule has 0 amide bonds. The third-order valence-electron chi connectivity index (χ3n) is 3.68. The fourth-order valence-corrected chi connectivity index (χ4v) is 2.79. The van der Waals surface area contributed by atoms with E-state index in [-0.39, 0.29) is 6.10 Å². The van der Waals surface area contributed by atoms with Gasteiger partial charge in [-0.1, -0.05) is 39.5 Å². The first-order valence-corrected chi connectivity index (χ1v) is 6.46. The number of hydrogen-bond acceptors (Lipinski definition) is 1. The van der Waals surface area contributed by atoms with Crippen LogP contribution in [0, 0.1) is 11.8 Å². The first-order valence-electron chi connectivity index (χ1n) is 6.46. The zero-order chi connectivity index (χ0) is 10.4. The summed E-state index contributed by atoms with van der Waals surface area (Å²) in [7, 11) is 0. The van der Waals surface area contributed by atoms with Crippen LogP contribution in [-0.2, 0) is 0 Å². The molecule has 84 valence electrons. The summed E-state index contributed by atoms with van der Waals surface area (Å²) in [6, 6.07) is 0. The van der Waals surface area contributed by atoms with Crippen LogP contribution >= 0.6 is 0 Å². The number of rotatable bonds is 5. The minimum absolute atomic E-state index is 0.00894. The SMILES string of the molecule is CCCCC1CC(CCC)CCC1O. The van der Waals surface area contributed by atoms with E-state index in [1.54, 1.807) is 0 Å². The molecule has 1 nitrogen and oxygen atoms in total. The Kier molecular flexibility index (Phi) is 5.54. The molecule has 1 aliphatic carbocycles. The molecule has 0 aromatic heterocycles. The summed E-state index contributed by atoms with van der Waals surface area (Å²) in [6.07, 6.45) is 10.1. The van der Waals surface area contributed by atoms with Gasteiger partial charge in [-0.3, -0.25) is 0 Å². The van der Waals surface area contributed by atoms with Crippen molar-refractivity contribution in [1.82, 2.24) is 0 Å². The first-order chi connectivity index (χ1) is 6.77. The molecule has 1 rings (SSSR count). The summed E-state index contributed by atoms with van der Waals surface area (Å²) in [4.78, 5) is 0. The van der Waals surface area contributed by atoms with Gasteiger partial charge in [-0.05, 0) is 37.5 Å². The monoisotopic (exact) mass is 198 g/mol. The lowest BCUT2D eigenvalue weighted by Crippen LogP contribution is -2.29. The Bertz CT molecular complexity index is 144. The lowest BCUT2D eigenvalue weighted by Gasteiger charge is -2.33. The molecule has 1 saturated carbocycles. The second-order valence-electron chi connectivity index (χ2n) is 4.94. The zero-order valence-electron chi connectivity index (χ0n) is 9.84. The molecule has 1 N–H and O–H groups in total. The van der Waals surface area contributed by atoms with Crippen molar-refractivity contribution < 1.29 is 5.11 Å². The Labute approximate surface area is 88.9 Å². The molecular weight excluding hydrogens is 172 g/mol. The van der Waals surface area contributed by atoms with Gasteiger partial charge in [0.15, 0.2) is 0 Å². The van der Waals surface area contributed by atoms with E-state index in [1.807, 2.05) is 0 Å². The molecule has 1 heteroatoms. The Morgan fingerprint density at radius 3 is 2.50 bits per heavy atom. The highest BCUT2D eigenvalue weighted by atomic mass is 16.3. The molecule has 0 spiro atoms. The Balaban J connectivity index is 2.30. The Morgan fingerprint density at radius 2 is 1.86 bits per heavy atom. The van der Waals surface area contributed by atoms with Crippen LogP contribution in [0.15, 0.2) is 0 Å². The summed E-state index contributed by atoms with van der Waals surface area (Å²) in [5.41, 5.74) is 0. The molecule has 0 bridgehead atoms. The van der Waals surface area contributed by atoms with E-state index in [4.69, 9.17) is 0 Å². The average Bonchev–Trinajstić information content (AvgIpc) is 2.19. The van der Waals surface area contributed by atoms with Crippen molar-refractivity contribution in [3.8, 4) is 0 Å². The van der Waals surface area contributed by atoms with Crippen LogP contribution < -0.4 is 0 Å². The van der Waals surface area contributed by atoms with E-state index in [2.05, 4.69) is 13.8 Å². The normalized spacial score (nSPS) is 33.2. The predicted octanol–water partition coefficient (Wildman–Crippen LogP) is 3.75. The minimum Gasteiger partial charge on any atom is -0.393 e. The maximum Gasteiger partial charge on any atom is 0.0568 e.